The van der Waals surface area contributed by atoms with Crippen LogP contribution in [0.2, 0.25) is 0 Å². The first-order valence-corrected chi connectivity index (χ1v) is 5.52. The van der Waals surface area contributed by atoms with Crippen molar-refractivity contribution >= 4 is 0 Å². The molecule has 0 saturated carbocycles. The predicted molar refractivity (Wildman–Crippen MR) is 56.5 cm³/mol. The van der Waals surface area contributed by atoms with Crippen LogP contribution in [-0.2, 0) is 0 Å². The van der Waals surface area contributed by atoms with E-state index in [9.17, 15) is 0 Å². The largest absolute Gasteiger partial charge is 0.375 e. The molecule has 0 aromatic rings. The highest BCUT2D eigenvalue weighted by atomic mass is 15.2. The molecule has 1 fully saturated rings. The smallest absolute Gasteiger partial charge is 0.0175 e. The van der Waals surface area contributed by atoms with Crippen LogP contribution in [0.5, 0.6) is 0 Å². The molecule has 1 aliphatic carbocycles. The van der Waals surface area contributed by atoms with Gasteiger partial charge >= 0.3 is 0 Å². The fourth-order valence-corrected chi connectivity index (χ4v) is 2.86. The maximum absolute atomic E-state index is 2.62. The molecule has 1 nitrogen and oxygen atoms in total. The second-order valence-corrected chi connectivity index (χ2v) is 5.44. The lowest BCUT2D eigenvalue weighted by molar-refractivity contribution is 0.340. The van der Waals surface area contributed by atoms with Crippen molar-refractivity contribution in [2.24, 2.45) is 5.41 Å². The predicted octanol–water partition coefficient (Wildman–Crippen LogP) is 3.18. The summed E-state index contributed by atoms with van der Waals surface area (Å²) < 4.78 is 0. The second kappa shape index (κ2) is 3.04. The van der Waals surface area contributed by atoms with Crippen molar-refractivity contribution in [1.29, 1.82) is 0 Å². The van der Waals surface area contributed by atoms with Crippen LogP contribution in [0, 0.1) is 5.41 Å². The van der Waals surface area contributed by atoms with Gasteiger partial charge in [-0.3, -0.25) is 0 Å². The van der Waals surface area contributed by atoms with Gasteiger partial charge in [0.25, 0.3) is 0 Å². The quantitative estimate of drug-likeness (QED) is 0.597. The summed E-state index contributed by atoms with van der Waals surface area (Å²) in [5.41, 5.74) is 3.84. The van der Waals surface area contributed by atoms with E-state index in [0.717, 1.165) is 0 Å². The van der Waals surface area contributed by atoms with Crippen LogP contribution in [0.4, 0.5) is 0 Å². The van der Waals surface area contributed by atoms with Gasteiger partial charge in [0.15, 0.2) is 0 Å². The van der Waals surface area contributed by atoms with E-state index in [2.05, 4.69) is 25.7 Å². The van der Waals surface area contributed by atoms with Crippen LogP contribution in [0.3, 0.4) is 0 Å². The van der Waals surface area contributed by atoms with E-state index >= 15 is 0 Å². The molecule has 0 spiro atoms. The summed E-state index contributed by atoms with van der Waals surface area (Å²) in [4.78, 5) is 2.62. The number of hydrogen-bond donors (Lipinski definition) is 0. The fraction of sp³-hybridized carbons (Fsp3) is 0.833. The molecule has 1 heterocycles. The van der Waals surface area contributed by atoms with E-state index in [1.54, 1.807) is 11.3 Å². The minimum absolute atomic E-state index is 0.530. The van der Waals surface area contributed by atoms with Crippen LogP contribution >= 0.6 is 0 Å². The molecule has 2 aliphatic rings. The summed E-state index contributed by atoms with van der Waals surface area (Å²) >= 11 is 0. The molecule has 74 valence electrons. The van der Waals surface area contributed by atoms with Gasteiger partial charge in [-0.2, -0.15) is 0 Å². The molecule has 0 unspecified atom stereocenters. The maximum atomic E-state index is 2.62. The van der Waals surface area contributed by atoms with Crippen molar-refractivity contribution in [3.8, 4) is 0 Å². The Hall–Kier alpha value is -0.460. The van der Waals surface area contributed by atoms with E-state index in [1.165, 1.54) is 38.8 Å². The first kappa shape index (κ1) is 9.11. The molecule has 0 atom stereocenters. The second-order valence-electron chi connectivity index (χ2n) is 5.44. The fourth-order valence-electron chi connectivity index (χ4n) is 2.86. The molecule has 1 aliphatic heterocycles. The minimum Gasteiger partial charge on any atom is -0.375 e. The monoisotopic (exact) mass is 179 g/mol. The lowest BCUT2D eigenvalue weighted by Crippen LogP contribution is -2.19. The molecule has 1 heteroatoms. The zero-order valence-corrected chi connectivity index (χ0v) is 9.19. The Morgan fingerprint density at radius 1 is 1.08 bits per heavy atom. The van der Waals surface area contributed by atoms with Crippen molar-refractivity contribution in [3.05, 3.63) is 11.3 Å². The van der Waals surface area contributed by atoms with E-state index in [-0.39, 0.29) is 0 Å². The number of hydrogen-bond acceptors (Lipinski definition) is 1. The van der Waals surface area contributed by atoms with Gasteiger partial charge in [0.1, 0.15) is 0 Å². The summed E-state index contributed by atoms with van der Waals surface area (Å²) in [7, 11) is 0. The Bertz CT molecular complexity index is 232. The van der Waals surface area contributed by atoms with Crippen LogP contribution < -0.4 is 0 Å². The van der Waals surface area contributed by atoms with Gasteiger partial charge in [0, 0.05) is 18.8 Å². The average Bonchev–Trinajstić information content (AvgIpc) is 2.56. The van der Waals surface area contributed by atoms with Crippen molar-refractivity contribution in [3.63, 3.8) is 0 Å². The van der Waals surface area contributed by atoms with Crippen molar-refractivity contribution < 1.29 is 0 Å². The number of allylic oxidation sites excluding steroid dienone is 2. The number of rotatable bonds is 1. The van der Waals surface area contributed by atoms with E-state index in [0.29, 0.717) is 5.41 Å². The van der Waals surface area contributed by atoms with Gasteiger partial charge in [-0.05, 0) is 38.0 Å². The van der Waals surface area contributed by atoms with Crippen LogP contribution in [0.25, 0.3) is 0 Å². The van der Waals surface area contributed by atoms with E-state index < -0.39 is 0 Å². The molecule has 13 heavy (non-hydrogen) atoms. The Morgan fingerprint density at radius 3 is 2.15 bits per heavy atom. The van der Waals surface area contributed by atoms with Crippen LogP contribution in [0.15, 0.2) is 11.3 Å². The zero-order valence-electron chi connectivity index (χ0n) is 9.19. The normalized spacial score (nSPS) is 27.5. The van der Waals surface area contributed by atoms with Crippen LogP contribution in [-0.4, -0.2) is 18.0 Å². The number of nitrogens with zero attached hydrogens (tertiary/aromatic N) is 1. The summed E-state index contributed by atoms with van der Waals surface area (Å²) in [6.07, 6.45) is 5.41. The lowest BCUT2D eigenvalue weighted by atomic mass is 9.89. The minimum atomic E-state index is 0.530. The maximum Gasteiger partial charge on any atom is 0.0175 e. The van der Waals surface area contributed by atoms with Gasteiger partial charge in [-0.25, -0.2) is 0 Å². The Balaban J connectivity index is 2.10. The molecule has 0 amide bonds. The molecule has 0 bridgehead atoms. The summed E-state index contributed by atoms with van der Waals surface area (Å²) in [6.45, 7) is 9.72. The van der Waals surface area contributed by atoms with Crippen molar-refractivity contribution in [2.75, 3.05) is 13.1 Å². The first-order chi connectivity index (χ1) is 6.08. The lowest BCUT2D eigenvalue weighted by Gasteiger charge is -2.23. The standard InChI is InChI=1S/C12H21N/c1-10-8-12(2,3)9-11(10)13-6-4-5-7-13/h4-9H2,1-3H3. The topological polar surface area (TPSA) is 3.24 Å². The highest BCUT2D eigenvalue weighted by molar-refractivity contribution is 5.21. The third-order valence-corrected chi connectivity index (χ3v) is 3.37. The molecule has 0 aromatic carbocycles. The van der Waals surface area contributed by atoms with Gasteiger partial charge in [-0.15, -0.1) is 0 Å². The highest BCUT2D eigenvalue weighted by Gasteiger charge is 2.31. The molecule has 1 saturated heterocycles. The van der Waals surface area contributed by atoms with E-state index in [1.807, 2.05) is 0 Å². The van der Waals surface area contributed by atoms with Crippen molar-refractivity contribution in [2.45, 2.75) is 46.5 Å². The van der Waals surface area contributed by atoms with E-state index in [4.69, 9.17) is 0 Å². The molecular formula is C12H21N. The zero-order chi connectivity index (χ0) is 9.47. The summed E-state index contributed by atoms with van der Waals surface area (Å²) in [6, 6.07) is 0. The third-order valence-electron chi connectivity index (χ3n) is 3.37. The summed E-state index contributed by atoms with van der Waals surface area (Å²) in [5.74, 6) is 0. The third kappa shape index (κ3) is 1.74. The Labute approximate surface area is 81.8 Å². The van der Waals surface area contributed by atoms with Gasteiger partial charge in [-0.1, -0.05) is 19.4 Å². The molecular weight excluding hydrogens is 158 g/mol. The summed E-state index contributed by atoms with van der Waals surface area (Å²) in [5, 5.41) is 0. The van der Waals surface area contributed by atoms with Crippen LogP contribution in [0.1, 0.15) is 46.5 Å². The number of likely N-dealkylation sites (tertiary alicyclic amines) is 1. The molecule has 0 aromatic heterocycles. The Morgan fingerprint density at radius 2 is 1.69 bits per heavy atom. The Kier molecular flexibility index (Phi) is 2.13. The van der Waals surface area contributed by atoms with Gasteiger partial charge < -0.3 is 4.90 Å². The highest BCUT2D eigenvalue weighted by Crippen LogP contribution is 2.42. The molecule has 0 radical (unpaired) electrons. The van der Waals surface area contributed by atoms with Gasteiger partial charge in [0.2, 0.25) is 0 Å². The van der Waals surface area contributed by atoms with Gasteiger partial charge in [0.05, 0.1) is 0 Å². The molecule has 0 N–H and O–H groups in total. The average molecular weight is 179 g/mol. The first-order valence-electron chi connectivity index (χ1n) is 5.52. The van der Waals surface area contributed by atoms with Crippen molar-refractivity contribution in [1.82, 2.24) is 4.90 Å². The SMILES string of the molecule is CC1=C(N2CCCC2)CC(C)(C)C1. The molecule has 2 rings (SSSR count).